The maximum Gasteiger partial charge on any atom is 0.139 e. The lowest BCUT2D eigenvalue weighted by atomic mass is 10.2. The molecule has 0 unspecified atom stereocenters. The molecule has 5 heteroatoms. The maximum absolute atomic E-state index is 5.20. The topological polar surface area (TPSA) is 22.1 Å². The van der Waals surface area contributed by atoms with E-state index in [1.165, 1.54) is 15.4 Å². The Kier molecular flexibility index (Phi) is 5.50. The molecule has 1 fully saturated rings. The zero-order valence-electron chi connectivity index (χ0n) is 18.0. The SMILES string of the molecule is Cc1cc2c(s1)N(CC#Cc1ccccc1)c1ccccc1N=C2N1CCN(C)CC1. The average Bonchev–Trinajstić information content (AvgIpc) is 3.12. The highest BCUT2D eigenvalue weighted by atomic mass is 32.1. The van der Waals surface area contributed by atoms with E-state index >= 15 is 0 Å². The van der Waals surface area contributed by atoms with Gasteiger partial charge in [-0.3, -0.25) is 0 Å². The lowest BCUT2D eigenvalue weighted by molar-refractivity contribution is 0.216. The summed E-state index contributed by atoms with van der Waals surface area (Å²) in [4.78, 5) is 13.7. The van der Waals surface area contributed by atoms with Gasteiger partial charge in [-0.25, -0.2) is 4.99 Å². The van der Waals surface area contributed by atoms with Gasteiger partial charge in [0.1, 0.15) is 10.8 Å². The fourth-order valence-corrected chi connectivity index (χ4v) is 5.11. The number of aryl methyl sites for hydroxylation is 1. The Morgan fingerprint density at radius 3 is 2.52 bits per heavy atom. The number of nitrogens with zero attached hydrogens (tertiary/aromatic N) is 4. The molecule has 1 aromatic heterocycles. The molecule has 2 aromatic carbocycles. The molecule has 5 rings (SSSR count). The Hall–Kier alpha value is -3.07. The normalized spacial score (nSPS) is 16.0. The van der Waals surface area contributed by atoms with Gasteiger partial charge in [-0.1, -0.05) is 42.2 Å². The van der Waals surface area contributed by atoms with E-state index < -0.39 is 0 Å². The van der Waals surface area contributed by atoms with Crippen LogP contribution in [-0.2, 0) is 0 Å². The molecule has 3 aromatic rings. The van der Waals surface area contributed by atoms with Crippen molar-refractivity contribution in [1.29, 1.82) is 0 Å². The number of amidine groups is 1. The Morgan fingerprint density at radius 2 is 1.71 bits per heavy atom. The van der Waals surface area contributed by atoms with E-state index in [2.05, 4.69) is 83.0 Å². The maximum atomic E-state index is 5.20. The van der Waals surface area contributed by atoms with Crippen molar-refractivity contribution in [2.45, 2.75) is 6.92 Å². The fraction of sp³-hybridized carbons (Fsp3) is 0.269. The van der Waals surface area contributed by atoms with Crippen LogP contribution in [0, 0.1) is 18.8 Å². The number of thiophene rings is 1. The van der Waals surface area contributed by atoms with E-state index in [1.54, 1.807) is 0 Å². The van der Waals surface area contributed by atoms with Crippen LogP contribution in [0.15, 0.2) is 65.7 Å². The second kappa shape index (κ2) is 8.58. The molecular formula is C26H26N4S. The summed E-state index contributed by atoms with van der Waals surface area (Å²) >= 11 is 1.83. The summed E-state index contributed by atoms with van der Waals surface area (Å²) in [5.74, 6) is 7.82. The summed E-state index contributed by atoms with van der Waals surface area (Å²) in [5, 5.41) is 1.24. The van der Waals surface area contributed by atoms with Crippen LogP contribution in [0.1, 0.15) is 16.0 Å². The van der Waals surface area contributed by atoms with Gasteiger partial charge in [0.05, 0.1) is 23.5 Å². The van der Waals surface area contributed by atoms with Crippen LogP contribution in [0.2, 0.25) is 0 Å². The first-order valence-corrected chi connectivity index (χ1v) is 11.5. The summed E-state index contributed by atoms with van der Waals surface area (Å²) in [6.07, 6.45) is 0. The molecular weight excluding hydrogens is 400 g/mol. The molecule has 31 heavy (non-hydrogen) atoms. The van der Waals surface area contributed by atoms with Crippen LogP contribution in [0.4, 0.5) is 16.4 Å². The third kappa shape index (κ3) is 4.10. The number of hydrogen-bond acceptors (Lipinski definition) is 5. The molecule has 0 N–H and O–H groups in total. The van der Waals surface area contributed by atoms with Crippen LogP contribution in [0.5, 0.6) is 0 Å². The van der Waals surface area contributed by atoms with Gasteiger partial charge < -0.3 is 14.7 Å². The minimum absolute atomic E-state index is 0.629. The van der Waals surface area contributed by atoms with Crippen molar-refractivity contribution in [2.24, 2.45) is 4.99 Å². The Labute approximate surface area is 188 Å². The number of piperazine rings is 1. The van der Waals surface area contributed by atoms with Crippen LogP contribution >= 0.6 is 11.3 Å². The highest BCUT2D eigenvalue weighted by Gasteiger charge is 2.29. The highest BCUT2D eigenvalue weighted by Crippen LogP contribution is 2.43. The minimum Gasteiger partial charge on any atom is -0.353 e. The zero-order valence-corrected chi connectivity index (χ0v) is 18.8. The fourth-order valence-electron chi connectivity index (χ4n) is 4.09. The summed E-state index contributed by atoms with van der Waals surface area (Å²) in [5.41, 5.74) is 4.41. The monoisotopic (exact) mass is 426 g/mol. The van der Waals surface area contributed by atoms with E-state index in [9.17, 15) is 0 Å². The molecule has 3 heterocycles. The number of hydrogen-bond donors (Lipinski definition) is 0. The minimum atomic E-state index is 0.629. The largest absolute Gasteiger partial charge is 0.353 e. The van der Waals surface area contributed by atoms with Crippen molar-refractivity contribution < 1.29 is 0 Å². The first kappa shape index (κ1) is 19.9. The predicted molar refractivity (Wildman–Crippen MR) is 131 cm³/mol. The molecule has 0 aliphatic carbocycles. The van der Waals surface area contributed by atoms with E-state index in [0.29, 0.717) is 6.54 Å². The van der Waals surface area contributed by atoms with Gasteiger partial charge in [0, 0.05) is 36.6 Å². The third-order valence-corrected chi connectivity index (χ3v) is 6.84. The molecule has 0 bridgehead atoms. The van der Waals surface area contributed by atoms with E-state index in [-0.39, 0.29) is 0 Å². The summed E-state index contributed by atoms with van der Waals surface area (Å²) < 4.78 is 0. The standard InChI is InChI=1S/C26H26N4S/c1-20-19-22-25(29-17-15-28(2)16-18-29)27-23-12-6-7-13-24(23)30(26(22)31-20)14-8-11-21-9-4-3-5-10-21/h3-7,9-10,12-13,19H,14-18H2,1-2H3. The number of para-hydroxylation sites is 2. The van der Waals surface area contributed by atoms with Crippen molar-refractivity contribution in [2.75, 3.05) is 44.7 Å². The first-order chi connectivity index (χ1) is 15.2. The molecule has 156 valence electrons. The molecule has 1 saturated heterocycles. The number of benzene rings is 2. The van der Waals surface area contributed by atoms with Crippen LogP contribution in [0.3, 0.4) is 0 Å². The van der Waals surface area contributed by atoms with E-state index in [0.717, 1.165) is 49.0 Å². The second-order valence-corrected chi connectivity index (χ2v) is 9.28. The number of likely N-dealkylation sites (N-methyl/N-ethyl adjacent to an activating group) is 1. The molecule has 4 nitrogen and oxygen atoms in total. The molecule has 0 amide bonds. The summed E-state index contributed by atoms with van der Waals surface area (Å²) in [7, 11) is 2.19. The number of rotatable bonds is 1. The van der Waals surface area contributed by atoms with Gasteiger partial charge in [-0.05, 0) is 44.3 Å². The van der Waals surface area contributed by atoms with Crippen LogP contribution in [-0.4, -0.2) is 55.4 Å². The molecule has 0 spiro atoms. The summed E-state index contributed by atoms with van der Waals surface area (Å²) in [6.45, 7) is 6.93. The van der Waals surface area contributed by atoms with E-state index in [4.69, 9.17) is 4.99 Å². The quantitative estimate of drug-likeness (QED) is 0.518. The lowest BCUT2D eigenvalue weighted by Gasteiger charge is -2.34. The van der Waals surface area contributed by atoms with Crippen molar-refractivity contribution >= 4 is 33.5 Å². The molecule has 2 aliphatic heterocycles. The number of aliphatic imine (C=N–C) groups is 1. The summed E-state index contributed by atoms with van der Waals surface area (Å²) in [6, 6.07) is 20.9. The van der Waals surface area contributed by atoms with E-state index in [1.807, 2.05) is 29.5 Å². The molecule has 0 atom stereocenters. The van der Waals surface area contributed by atoms with Crippen LogP contribution in [0.25, 0.3) is 0 Å². The average molecular weight is 427 g/mol. The van der Waals surface area contributed by atoms with Crippen molar-refractivity contribution in [1.82, 2.24) is 9.80 Å². The second-order valence-electron chi connectivity index (χ2n) is 8.04. The number of anilines is 2. The number of fused-ring (bicyclic) bond motifs is 2. The van der Waals surface area contributed by atoms with Gasteiger partial charge >= 0.3 is 0 Å². The lowest BCUT2D eigenvalue weighted by Crippen LogP contribution is -2.47. The van der Waals surface area contributed by atoms with Gasteiger partial charge in [-0.15, -0.1) is 11.3 Å². The van der Waals surface area contributed by atoms with Gasteiger partial charge in [0.15, 0.2) is 0 Å². The molecule has 0 radical (unpaired) electrons. The smallest absolute Gasteiger partial charge is 0.139 e. The molecule has 2 aliphatic rings. The highest BCUT2D eigenvalue weighted by molar-refractivity contribution is 7.16. The van der Waals surface area contributed by atoms with Crippen molar-refractivity contribution in [3.8, 4) is 11.8 Å². The Balaban J connectivity index is 1.56. The Bertz CT molecular complexity index is 1160. The van der Waals surface area contributed by atoms with Crippen LogP contribution < -0.4 is 4.90 Å². The van der Waals surface area contributed by atoms with Gasteiger partial charge in [-0.2, -0.15) is 0 Å². The molecule has 0 saturated carbocycles. The zero-order chi connectivity index (χ0) is 21.2. The predicted octanol–water partition coefficient (Wildman–Crippen LogP) is 4.89. The first-order valence-electron chi connectivity index (χ1n) is 10.7. The van der Waals surface area contributed by atoms with Gasteiger partial charge in [0.2, 0.25) is 0 Å². The van der Waals surface area contributed by atoms with Gasteiger partial charge in [0.25, 0.3) is 0 Å². The van der Waals surface area contributed by atoms with Crippen molar-refractivity contribution in [3.63, 3.8) is 0 Å². The van der Waals surface area contributed by atoms with Crippen molar-refractivity contribution in [3.05, 3.63) is 76.7 Å². The Morgan fingerprint density at radius 1 is 0.968 bits per heavy atom. The third-order valence-electron chi connectivity index (χ3n) is 5.77.